The molecule has 0 aromatic heterocycles. The van der Waals surface area contributed by atoms with Crippen LogP contribution in [0.5, 0.6) is 0 Å². The number of rotatable bonds is 3. The Bertz CT molecular complexity index is 1170. The van der Waals surface area contributed by atoms with Crippen LogP contribution < -0.4 is 4.90 Å². The minimum atomic E-state index is -0.256. The molecule has 0 saturated carbocycles. The van der Waals surface area contributed by atoms with E-state index in [1.54, 1.807) is 5.01 Å². The van der Waals surface area contributed by atoms with E-state index in [4.69, 9.17) is 5.10 Å². The number of hydrazone groups is 1. The highest BCUT2D eigenvalue weighted by Crippen LogP contribution is 2.50. The zero-order chi connectivity index (χ0) is 21.4. The predicted molar refractivity (Wildman–Crippen MR) is 126 cm³/mol. The molecule has 2 aliphatic heterocycles. The van der Waals surface area contributed by atoms with Gasteiger partial charge in [-0.05, 0) is 35.4 Å². The van der Waals surface area contributed by atoms with Gasteiger partial charge in [0, 0.05) is 30.1 Å². The van der Waals surface area contributed by atoms with Crippen molar-refractivity contribution in [3.63, 3.8) is 0 Å². The van der Waals surface area contributed by atoms with Crippen LogP contribution in [0.4, 0.5) is 5.69 Å². The second-order valence-corrected chi connectivity index (χ2v) is 8.45. The summed E-state index contributed by atoms with van der Waals surface area (Å²) in [7, 11) is 2.06. The molecule has 0 radical (unpaired) electrons. The maximum atomic E-state index is 13.6. The summed E-state index contributed by atoms with van der Waals surface area (Å²) in [5, 5.41) is 6.55. The lowest BCUT2D eigenvalue weighted by Crippen LogP contribution is -2.57. The van der Waals surface area contributed by atoms with Gasteiger partial charge in [0.15, 0.2) is 0 Å². The first-order chi connectivity index (χ1) is 15.1. The largest absolute Gasteiger partial charge is 0.352 e. The van der Waals surface area contributed by atoms with Crippen molar-refractivity contribution in [2.45, 2.75) is 24.9 Å². The van der Waals surface area contributed by atoms with E-state index >= 15 is 0 Å². The maximum absolute atomic E-state index is 13.6. The first-order valence-electron chi connectivity index (χ1n) is 10.6. The zero-order valence-corrected chi connectivity index (χ0v) is 17.8. The van der Waals surface area contributed by atoms with Gasteiger partial charge in [-0.3, -0.25) is 4.79 Å². The fraction of sp³-hybridized carbons (Fsp3) is 0.185. The number of likely N-dealkylation sites (N-methyl/N-ethyl adjacent to an activating group) is 1. The fourth-order valence-corrected chi connectivity index (χ4v) is 4.91. The van der Waals surface area contributed by atoms with E-state index in [1.807, 2.05) is 54.6 Å². The molecule has 0 saturated heterocycles. The van der Waals surface area contributed by atoms with E-state index in [9.17, 15) is 4.79 Å². The van der Waals surface area contributed by atoms with E-state index in [2.05, 4.69) is 61.3 Å². The molecular formula is C27H25N3O. The highest BCUT2D eigenvalue weighted by atomic mass is 16.2. The minimum Gasteiger partial charge on any atom is -0.352 e. The Hall–Kier alpha value is -3.66. The third-order valence-corrected chi connectivity index (χ3v) is 6.35. The van der Waals surface area contributed by atoms with Crippen LogP contribution in [0.25, 0.3) is 6.08 Å². The third-order valence-electron chi connectivity index (χ3n) is 6.35. The number of benzene rings is 3. The van der Waals surface area contributed by atoms with Crippen molar-refractivity contribution in [1.82, 2.24) is 5.01 Å². The lowest BCUT2D eigenvalue weighted by atomic mass is 9.76. The van der Waals surface area contributed by atoms with Crippen LogP contribution in [0.1, 0.15) is 34.8 Å². The summed E-state index contributed by atoms with van der Waals surface area (Å²) in [5.41, 5.74) is 4.82. The zero-order valence-electron chi connectivity index (χ0n) is 17.8. The lowest BCUT2D eigenvalue weighted by Gasteiger charge is -2.43. The van der Waals surface area contributed by atoms with Crippen LogP contribution in [-0.2, 0) is 5.41 Å². The highest BCUT2D eigenvalue weighted by molar-refractivity contribution is 6.03. The number of carbonyl (C=O) groups excluding carboxylic acids is 1. The van der Waals surface area contributed by atoms with Crippen molar-refractivity contribution in [3.8, 4) is 0 Å². The number of nitrogens with zero attached hydrogens (tertiary/aromatic N) is 3. The van der Waals surface area contributed by atoms with Gasteiger partial charge in [0.2, 0.25) is 0 Å². The van der Waals surface area contributed by atoms with Crippen molar-refractivity contribution in [2.75, 3.05) is 11.9 Å². The monoisotopic (exact) mass is 407 g/mol. The lowest BCUT2D eigenvalue weighted by molar-refractivity contribution is 0.0581. The maximum Gasteiger partial charge on any atom is 0.275 e. The normalized spacial score (nSPS) is 22.3. The van der Waals surface area contributed by atoms with E-state index in [0.29, 0.717) is 5.56 Å². The van der Waals surface area contributed by atoms with Crippen molar-refractivity contribution in [2.24, 2.45) is 5.10 Å². The molecule has 0 N–H and O–H groups in total. The van der Waals surface area contributed by atoms with Gasteiger partial charge in [-0.1, -0.05) is 79.7 Å². The van der Waals surface area contributed by atoms with Gasteiger partial charge in [0.05, 0.1) is 5.71 Å². The van der Waals surface area contributed by atoms with Crippen LogP contribution >= 0.6 is 0 Å². The van der Waals surface area contributed by atoms with Crippen LogP contribution in [0, 0.1) is 0 Å². The Morgan fingerprint density at radius 2 is 1.58 bits per heavy atom. The Kier molecular flexibility index (Phi) is 4.70. The van der Waals surface area contributed by atoms with Gasteiger partial charge in [-0.25, -0.2) is 5.01 Å². The minimum absolute atomic E-state index is 0.0817. The number of allylic oxidation sites excluding steroid dienone is 1. The van der Waals surface area contributed by atoms with E-state index < -0.39 is 0 Å². The molecule has 0 unspecified atom stereocenters. The Morgan fingerprint density at radius 3 is 2.32 bits per heavy atom. The second kappa shape index (κ2) is 7.55. The molecule has 2 atom stereocenters. The smallest absolute Gasteiger partial charge is 0.275 e. The molecule has 154 valence electrons. The molecule has 0 bridgehead atoms. The molecule has 2 heterocycles. The number of para-hydroxylation sites is 1. The molecule has 2 aliphatic rings. The van der Waals surface area contributed by atoms with E-state index in [-0.39, 0.29) is 17.5 Å². The number of amides is 1. The van der Waals surface area contributed by atoms with Crippen molar-refractivity contribution in [1.29, 1.82) is 0 Å². The van der Waals surface area contributed by atoms with Crippen LogP contribution in [0.2, 0.25) is 0 Å². The first-order valence-corrected chi connectivity index (χ1v) is 10.6. The third kappa shape index (κ3) is 3.25. The summed E-state index contributed by atoms with van der Waals surface area (Å²) in [5.74, 6) is -0.0817. The summed E-state index contributed by atoms with van der Waals surface area (Å²) in [6.07, 6.45) is 4.70. The van der Waals surface area contributed by atoms with Crippen LogP contribution in [0.15, 0.2) is 96.1 Å². The Labute approximate surface area is 183 Å². The van der Waals surface area contributed by atoms with Gasteiger partial charge in [0.25, 0.3) is 5.91 Å². The van der Waals surface area contributed by atoms with Crippen molar-refractivity contribution >= 4 is 23.4 Å². The molecule has 3 aromatic carbocycles. The van der Waals surface area contributed by atoms with Crippen LogP contribution in [0.3, 0.4) is 0 Å². The number of anilines is 1. The average Bonchev–Trinajstić information content (AvgIpc) is 3.05. The van der Waals surface area contributed by atoms with Crippen LogP contribution in [-0.4, -0.2) is 29.8 Å². The van der Waals surface area contributed by atoms with Crippen molar-refractivity contribution in [3.05, 3.63) is 108 Å². The van der Waals surface area contributed by atoms with Crippen molar-refractivity contribution < 1.29 is 4.79 Å². The predicted octanol–water partition coefficient (Wildman–Crippen LogP) is 5.34. The van der Waals surface area contributed by atoms with E-state index in [0.717, 1.165) is 23.4 Å². The molecule has 0 fully saturated rings. The van der Waals surface area contributed by atoms with Gasteiger partial charge in [0.1, 0.15) is 6.17 Å². The van der Waals surface area contributed by atoms with Gasteiger partial charge in [-0.15, -0.1) is 0 Å². The fourth-order valence-electron chi connectivity index (χ4n) is 4.91. The molecule has 31 heavy (non-hydrogen) atoms. The summed E-state index contributed by atoms with van der Waals surface area (Å²) >= 11 is 0. The Balaban J connectivity index is 1.60. The topological polar surface area (TPSA) is 35.9 Å². The molecular weight excluding hydrogens is 382 g/mol. The van der Waals surface area contributed by atoms with Gasteiger partial charge in [-0.2, -0.15) is 5.10 Å². The molecule has 3 aromatic rings. The molecule has 0 spiro atoms. The van der Waals surface area contributed by atoms with Gasteiger partial charge < -0.3 is 4.90 Å². The summed E-state index contributed by atoms with van der Waals surface area (Å²) < 4.78 is 0. The highest BCUT2D eigenvalue weighted by Gasteiger charge is 2.53. The second-order valence-electron chi connectivity index (χ2n) is 8.45. The molecule has 4 nitrogen and oxygen atoms in total. The molecule has 1 amide bonds. The Morgan fingerprint density at radius 1 is 0.935 bits per heavy atom. The number of hydrogen-bond acceptors (Lipinski definition) is 3. The molecule has 0 aliphatic carbocycles. The summed E-state index contributed by atoms with van der Waals surface area (Å²) in [6.45, 7) is 2.25. The van der Waals surface area contributed by atoms with Gasteiger partial charge >= 0.3 is 0 Å². The first kappa shape index (κ1) is 19.3. The number of hydrogen-bond donors (Lipinski definition) is 0. The van der Waals surface area contributed by atoms with E-state index in [1.165, 1.54) is 5.56 Å². The summed E-state index contributed by atoms with van der Waals surface area (Å²) in [4.78, 5) is 15.8. The average molecular weight is 408 g/mol. The molecule has 4 heteroatoms. The SMILES string of the molecule is CN1c2ccccc2[C@]2(C)CC(/C=C/c3ccccc3)=NN(C(=O)c3ccccc3)[C@H]12. The number of carbonyl (C=O) groups is 1. The summed E-state index contributed by atoms with van der Waals surface area (Å²) in [6, 6.07) is 28.0. The standard InChI is InChI=1S/C27H25N3O/c1-27-19-22(18-17-20-11-5-3-6-12-20)28-30(25(31)21-13-7-4-8-14-21)26(27)29(2)24-16-10-9-15-23(24)27/h3-18,26H,19H2,1-2H3/b18-17+/t26-,27-/m0/s1. The number of fused-ring (bicyclic) bond motifs is 3. The quantitative estimate of drug-likeness (QED) is 0.588. The molecule has 5 rings (SSSR count).